The molecule has 1 amide bonds. The molecule has 8 heteroatoms. The van der Waals surface area contributed by atoms with Crippen molar-refractivity contribution in [1.29, 1.82) is 0 Å². The van der Waals surface area contributed by atoms with Gasteiger partial charge in [-0.2, -0.15) is 5.10 Å². The monoisotopic (exact) mass is 431 g/mol. The molecule has 8 nitrogen and oxygen atoms in total. The zero-order valence-electron chi connectivity index (χ0n) is 18.6. The fourth-order valence-electron chi connectivity index (χ4n) is 3.77. The Bertz CT molecular complexity index is 1340. The Morgan fingerprint density at radius 1 is 1.12 bits per heavy atom. The summed E-state index contributed by atoms with van der Waals surface area (Å²) in [5.41, 5.74) is 4.09. The Kier molecular flexibility index (Phi) is 5.77. The zero-order valence-corrected chi connectivity index (χ0v) is 18.6. The topological polar surface area (TPSA) is 82.2 Å². The summed E-state index contributed by atoms with van der Waals surface area (Å²) in [4.78, 5) is 31.8. The maximum atomic E-state index is 13.0. The van der Waals surface area contributed by atoms with Gasteiger partial charge in [0.1, 0.15) is 24.0 Å². The van der Waals surface area contributed by atoms with Crippen molar-refractivity contribution in [2.75, 3.05) is 14.2 Å². The number of benzene rings is 2. The standard InChI is InChI=1S/C24H25N5O3/c1-16-9-17(2)11-19(10-16)29-23-20(12-26-29)24(31)28(15-25-23)14-22(30)27(3)13-18-7-5-6-8-21(18)32-4/h5-12,15H,13-14H2,1-4H3. The highest BCUT2D eigenvalue weighted by Gasteiger charge is 2.16. The molecule has 0 N–H and O–H groups in total. The van der Waals surface area contributed by atoms with Crippen LogP contribution in [0.4, 0.5) is 0 Å². The van der Waals surface area contributed by atoms with E-state index < -0.39 is 0 Å². The quantitative estimate of drug-likeness (QED) is 0.469. The van der Waals surface area contributed by atoms with Gasteiger partial charge in [0.25, 0.3) is 5.56 Å². The van der Waals surface area contributed by atoms with E-state index in [0.717, 1.165) is 22.4 Å². The number of carbonyl (C=O) groups excluding carboxylic acids is 1. The molecule has 0 atom stereocenters. The van der Waals surface area contributed by atoms with Crippen LogP contribution in [0.25, 0.3) is 16.7 Å². The minimum absolute atomic E-state index is 0.109. The number of hydrogen-bond acceptors (Lipinski definition) is 5. The fraction of sp³-hybridized carbons (Fsp3) is 0.250. The van der Waals surface area contributed by atoms with Crippen molar-refractivity contribution in [1.82, 2.24) is 24.2 Å². The van der Waals surface area contributed by atoms with Gasteiger partial charge in [0.05, 0.1) is 19.0 Å². The Balaban J connectivity index is 1.58. The second-order valence-corrected chi connectivity index (χ2v) is 7.88. The number of aromatic nitrogens is 4. The maximum Gasteiger partial charge on any atom is 0.264 e. The van der Waals surface area contributed by atoms with Crippen LogP contribution in [-0.4, -0.2) is 44.3 Å². The molecule has 0 fully saturated rings. The molecule has 0 radical (unpaired) electrons. The number of ether oxygens (including phenoxy) is 1. The lowest BCUT2D eigenvalue weighted by molar-refractivity contribution is -0.131. The molecule has 0 aliphatic carbocycles. The fourth-order valence-corrected chi connectivity index (χ4v) is 3.77. The number of hydrogen-bond donors (Lipinski definition) is 0. The predicted octanol–water partition coefficient (Wildman–Crippen LogP) is 2.87. The van der Waals surface area contributed by atoms with Crippen molar-refractivity contribution in [2.24, 2.45) is 0 Å². The Morgan fingerprint density at radius 3 is 2.56 bits per heavy atom. The van der Waals surface area contributed by atoms with E-state index in [1.807, 2.05) is 50.2 Å². The summed E-state index contributed by atoms with van der Waals surface area (Å²) < 4.78 is 8.32. The van der Waals surface area contributed by atoms with E-state index in [1.165, 1.54) is 17.1 Å². The molecule has 0 aliphatic heterocycles. The summed E-state index contributed by atoms with van der Waals surface area (Å²) in [6.07, 6.45) is 2.90. The Hall–Kier alpha value is -3.94. The number of fused-ring (bicyclic) bond motifs is 1. The van der Waals surface area contributed by atoms with E-state index in [-0.39, 0.29) is 18.0 Å². The minimum Gasteiger partial charge on any atom is -0.496 e. The van der Waals surface area contributed by atoms with Crippen molar-refractivity contribution in [3.8, 4) is 11.4 Å². The number of likely N-dealkylation sites (N-methyl/N-ethyl adjacent to an activating group) is 1. The number of carbonyl (C=O) groups is 1. The van der Waals surface area contributed by atoms with E-state index in [0.29, 0.717) is 23.3 Å². The third kappa shape index (κ3) is 4.12. The van der Waals surface area contributed by atoms with Gasteiger partial charge in [0.15, 0.2) is 5.65 Å². The van der Waals surface area contributed by atoms with Gasteiger partial charge in [-0.15, -0.1) is 0 Å². The molecule has 4 rings (SSSR count). The molecule has 2 heterocycles. The molecule has 0 unspecified atom stereocenters. The lowest BCUT2D eigenvalue weighted by Crippen LogP contribution is -2.33. The van der Waals surface area contributed by atoms with Crippen molar-refractivity contribution < 1.29 is 9.53 Å². The summed E-state index contributed by atoms with van der Waals surface area (Å²) in [5.74, 6) is 0.507. The maximum absolute atomic E-state index is 13.0. The molecular formula is C24H25N5O3. The molecule has 4 aromatic rings. The lowest BCUT2D eigenvalue weighted by atomic mass is 10.1. The highest BCUT2D eigenvalue weighted by Crippen LogP contribution is 2.19. The van der Waals surface area contributed by atoms with E-state index >= 15 is 0 Å². The first kappa shape index (κ1) is 21.3. The van der Waals surface area contributed by atoms with Crippen LogP contribution in [0.5, 0.6) is 5.75 Å². The highest BCUT2D eigenvalue weighted by atomic mass is 16.5. The molecule has 0 saturated carbocycles. The van der Waals surface area contributed by atoms with Crippen LogP contribution in [0.3, 0.4) is 0 Å². The Morgan fingerprint density at radius 2 is 1.84 bits per heavy atom. The number of nitrogens with zero attached hydrogens (tertiary/aromatic N) is 5. The average molecular weight is 431 g/mol. The van der Waals surface area contributed by atoms with E-state index in [9.17, 15) is 9.59 Å². The van der Waals surface area contributed by atoms with Gasteiger partial charge in [0, 0.05) is 19.2 Å². The summed E-state index contributed by atoms with van der Waals surface area (Å²) in [6.45, 7) is 4.28. The number of aryl methyl sites for hydroxylation is 2. The van der Waals surface area contributed by atoms with E-state index in [1.54, 1.807) is 23.7 Å². The summed E-state index contributed by atoms with van der Waals surface area (Å²) >= 11 is 0. The third-order valence-corrected chi connectivity index (χ3v) is 5.34. The van der Waals surface area contributed by atoms with Gasteiger partial charge in [-0.25, -0.2) is 9.67 Å². The highest BCUT2D eigenvalue weighted by molar-refractivity contribution is 5.78. The second-order valence-electron chi connectivity index (χ2n) is 7.88. The van der Waals surface area contributed by atoms with Gasteiger partial charge < -0.3 is 9.64 Å². The normalized spacial score (nSPS) is 11.0. The van der Waals surface area contributed by atoms with Gasteiger partial charge in [-0.05, 0) is 43.2 Å². The van der Waals surface area contributed by atoms with Crippen LogP contribution in [0.2, 0.25) is 0 Å². The average Bonchev–Trinajstić information content (AvgIpc) is 3.20. The number of rotatable bonds is 6. The molecule has 164 valence electrons. The third-order valence-electron chi connectivity index (χ3n) is 5.34. The number of amides is 1. The van der Waals surface area contributed by atoms with E-state index in [4.69, 9.17) is 4.74 Å². The van der Waals surface area contributed by atoms with Crippen LogP contribution in [0.1, 0.15) is 16.7 Å². The molecule has 32 heavy (non-hydrogen) atoms. The summed E-state index contributed by atoms with van der Waals surface area (Å²) in [6, 6.07) is 13.6. The van der Waals surface area contributed by atoms with Gasteiger partial charge in [-0.1, -0.05) is 24.3 Å². The van der Waals surface area contributed by atoms with Crippen molar-refractivity contribution >= 4 is 16.9 Å². The lowest BCUT2D eigenvalue weighted by Gasteiger charge is -2.19. The van der Waals surface area contributed by atoms with Crippen LogP contribution in [0, 0.1) is 13.8 Å². The van der Waals surface area contributed by atoms with Gasteiger partial charge in [0.2, 0.25) is 5.91 Å². The van der Waals surface area contributed by atoms with Crippen LogP contribution in [0.15, 0.2) is 59.8 Å². The van der Waals surface area contributed by atoms with Crippen molar-refractivity contribution in [3.63, 3.8) is 0 Å². The van der Waals surface area contributed by atoms with Crippen molar-refractivity contribution in [2.45, 2.75) is 26.9 Å². The summed E-state index contributed by atoms with van der Waals surface area (Å²) in [7, 11) is 3.29. The first-order chi connectivity index (χ1) is 15.4. The van der Waals surface area contributed by atoms with Crippen LogP contribution in [-0.2, 0) is 17.9 Å². The molecule has 2 aromatic carbocycles. The summed E-state index contributed by atoms with van der Waals surface area (Å²) in [5, 5.41) is 4.74. The van der Waals surface area contributed by atoms with Crippen molar-refractivity contribution in [3.05, 3.63) is 82.0 Å². The molecule has 0 saturated heterocycles. The van der Waals surface area contributed by atoms with Crippen LogP contribution < -0.4 is 10.3 Å². The molecule has 0 bridgehead atoms. The van der Waals surface area contributed by atoms with Gasteiger partial charge in [-0.3, -0.25) is 14.2 Å². The SMILES string of the molecule is COc1ccccc1CN(C)C(=O)Cn1cnc2c(cnn2-c2cc(C)cc(C)c2)c1=O. The smallest absolute Gasteiger partial charge is 0.264 e. The molecule has 2 aromatic heterocycles. The molecule has 0 spiro atoms. The number of methoxy groups -OCH3 is 1. The van der Waals surface area contributed by atoms with Crippen LogP contribution >= 0.6 is 0 Å². The minimum atomic E-state index is -0.301. The second kappa shape index (κ2) is 8.66. The number of para-hydroxylation sites is 1. The van der Waals surface area contributed by atoms with Gasteiger partial charge >= 0.3 is 0 Å². The first-order valence-corrected chi connectivity index (χ1v) is 10.2. The largest absolute Gasteiger partial charge is 0.496 e. The first-order valence-electron chi connectivity index (χ1n) is 10.2. The molecular weight excluding hydrogens is 406 g/mol. The Labute approximate surface area is 185 Å². The molecule has 0 aliphatic rings. The zero-order chi connectivity index (χ0) is 22.8. The van der Waals surface area contributed by atoms with E-state index in [2.05, 4.69) is 16.1 Å². The predicted molar refractivity (Wildman–Crippen MR) is 122 cm³/mol.